The van der Waals surface area contributed by atoms with Crippen molar-refractivity contribution in [2.24, 2.45) is 0 Å². The predicted octanol–water partition coefficient (Wildman–Crippen LogP) is 2.53. The first-order valence-corrected chi connectivity index (χ1v) is 10.3. The quantitative estimate of drug-likeness (QED) is 0.792. The normalized spacial score (nSPS) is 18.1. The van der Waals surface area contributed by atoms with Gasteiger partial charge in [0.1, 0.15) is 25.0 Å². The molecule has 1 N–H and O–H groups in total. The molecule has 0 aromatic heterocycles. The zero-order valence-corrected chi connectivity index (χ0v) is 16.8. The van der Waals surface area contributed by atoms with E-state index in [4.69, 9.17) is 14.2 Å². The summed E-state index contributed by atoms with van der Waals surface area (Å²) in [5, 5.41) is 2.92. The van der Waals surface area contributed by atoms with Crippen molar-refractivity contribution < 1.29 is 23.8 Å². The molecule has 7 heteroatoms. The van der Waals surface area contributed by atoms with Crippen LogP contribution in [0.25, 0.3) is 0 Å². The van der Waals surface area contributed by atoms with E-state index in [9.17, 15) is 9.59 Å². The van der Waals surface area contributed by atoms with Crippen LogP contribution in [0.3, 0.4) is 0 Å². The van der Waals surface area contributed by atoms with Crippen molar-refractivity contribution in [1.29, 1.82) is 0 Å². The lowest BCUT2D eigenvalue weighted by Crippen LogP contribution is -2.49. The van der Waals surface area contributed by atoms with Crippen molar-refractivity contribution in [1.82, 2.24) is 10.2 Å². The Hall–Kier alpha value is -3.22. The second-order valence-electron chi connectivity index (χ2n) is 7.40. The van der Waals surface area contributed by atoms with Crippen molar-refractivity contribution in [3.8, 4) is 17.2 Å². The number of amides is 2. The van der Waals surface area contributed by atoms with Crippen LogP contribution in [0.4, 0.5) is 0 Å². The highest BCUT2D eigenvalue weighted by Crippen LogP contribution is 2.31. The monoisotopic (exact) mass is 410 g/mol. The van der Waals surface area contributed by atoms with Gasteiger partial charge in [-0.2, -0.15) is 0 Å². The number of benzene rings is 2. The predicted molar refractivity (Wildman–Crippen MR) is 111 cm³/mol. The molecule has 0 radical (unpaired) electrons. The number of fused-ring (bicyclic) bond motifs is 1. The van der Waals surface area contributed by atoms with E-state index in [-0.39, 0.29) is 18.4 Å². The molecule has 0 unspecified atom stereocenters. The minimum atomic E-state index is -0.521. The number of nitrogens with zero attached hydrogens (tertiary/aromatic N) is 1. The fraction of sp³-hybridized carbons (Fsp3) is 0.391. The summed E-state index contributed by atoms with van der Waals surface area (Å²) >= 11 is 0. The molecule has 1 atom stereocenters. The van der Waals surface area contributed by atoms with Gasteiger partial charge in [-0.15, -0.1) is 0 Å². The Labute approximate surface area is 175 Å². The Morgan fingerprint density at radius 3 is 2.70 bits per heavy atom. The number of hydrogen-bond acceptors (Lipinski definition) is 5. The lowest BCUT2D eigenvalue weighted by molar-refractivity contribution is -0.142. The summed E-state index contributed by atoms with van der Waals surface area (Å²) in [5.41, 5.74) is 0.879. The van der Waals surface area contributed by atoms with Crippen molar-refractivity contribution >= 4 is 11.8 Å². The first-order chi connectivity index (χ1) is 14.7. The number of para-hydroxylation sites is 1. The maximum atomic E-state index is 13.1. The highest BCUT2D eigenvalue weighted by Gasteiger charge is 2.31. The Morgan fingerprint density at radius 1 is 1.07 bits per heavy atom. The van der Waals surface area contributed by atoms with E-state index in [0.29, 0.717) is 50.0 Å². The van der Waals surface area contributed by atoms with Crippen LogP contribution in [0.2, 0.25) is 0 Å². The van der Waals surface area contributed by atoms with Crippen LogP contribution < -0.4 is 19.5 Å². The van der Waals surface area contributed by atoms with Gasteiger partial charge in [-0.25, -0.2) is 0 Å². The highest BCUT2D eigenvalue weighted by molar-refractivity contribution is 5.88. The summed E-state index contributed by atoms with van der Waals surface area (Å²) in [6.07, 6.45) is 2.43. The number of carbonyl (C=O) groups excluding carboxylic acids is 2. The average Bonchev–Trinajstić information content (AvgIpc) is 3.00. The number of ether oxygens (including phenoxy) is 3. The molecule has 1 fully saturated rings. The summed E-state index contributed by atoms with van der Waals surface area (Å²) in [5.74, 6) is 1.64. The van der Waals surface area contributed by atoms with E-state index in [2.05, 4.69) is 5.32 Å². The van der Waals surface area contributed by atoms with E-state index in [1.807, 2.05) is 36.4 Å². The Balaban J connectivity index is 1.53. The molecule has 7 nitrogen and oxygen atoms in total. The molecule has 30 heavy (non-hydrogen) atoms. The van der Waals surface area contributed by atoms with Gasteiger partial charge in [0.25, 0.3) is 5.91 Å². The summed E-state index contributed by atoms with van der Waals surface area (Å²) in [6.45, 7) is 1.83. The van der Waals surface area contributed by atoms with Gasteiger partial charge in [-0.05, 0) is 49.1 Å². The fourth-order valence-corrected chi connectivity index (χ4v) is 3.72. The molecule has 2 amide bonds. The average molecular weight is 410 g/mol. The summed E-state index contributed by atoms with van der Waals surface area (Å²) in [4.78, 5) is 27.4. The number of hydrogen-bond donors (Lipinski definition) is 1. The number of rotatable bonds is 6. The Bertz CT molecular complexity index is 886. The van der Waals surface area contributed by atoms with Crippen LogP contribution in [0.15, 0.2) is 48.5 Å². The lowest BCUT2D eigenvalue weighted by Gasteiger charge is -2.30. The first kappa shape index (κ1) is 20.1. The molecule has 0 saturated carbocycles. The zero-order valence-electron chi connectivity index (χ0n) is 16.8. The smallest absolute Gasteiger partial charge is 0.261 e. The summed E-state index contributed by atoms with van der Waals surface area (Å²) < 4.78 is 16.9. The molecule has 1 saturated heterocycles. The van der Waals surface area contributed by atoms with Gasteiger partial charge in [0.15, 0.2) is 18.1 Å². The summed E-state index contributed by atoms with van der Waals surface area (Å²) in [7, 11) is 0. The van der Waals surface area contributed by atoms with E-state index in [0.717, 1.165) is 18.4 Å². The van der Waals surface area contributed by atoms with Crippen LogP contribution >= 0.6 is 0 Å². The number of nitrogens with one attached hydrogen (secondary N) is 1. The van der Waals surface area contributed by atoms with E-state index >= 15 is 0 Å². The minimum absolute atomic E-state index is 0.113. The Kier molecular flexibility index (Phi) is 6.37. The van der Waals surface area contributed by atoms with Crippen LogP contribution in [-0.4, -0.2) is 49.1 Å². The topological polar surface area (TPSA) is 77.1 Å². The van der Waals surface area contributed by atoms with Gasteiger partial charge in [-0.3, -0.25) is 9.59 Å². The maximum Gasteiger partial charge on any atom is 0.261 e. The second kappa shape index (κ2) is 9.52. The Morgan fingerprint density at radius 2 is 1.87 bits per heavy atom. The van der Waals surface area contributed by atoms with Crippen molar-refractivity contribution in [3.63, 3.8) is 0 Å². The zero-order chi connectivity index (χ0) is 20.8. The molecule has 2 heterocycles. The van der Waals surface area contributed by atoms with Crippen molar-refractivity contribution in [3.05, 3.63) is 54.1 Å². The van der Waals surface area contributed by atoms with E-state index in [1.54, 1.807) is 17.0 Å². The molecular weight excluding hydrogens is 384 g/mol. The third-order valence-electron chi connectivity index (χ3n) is 5.27. The van der Waals surface area contributed by atoms with Gasteiger partial charge in [0, 0.05) is 13.1 Å². The van der Waals surface area contributed by atoms with Gasteiger partial charge in [0.05, 0.1) is 0 Å². The molecule has 0 spiro atoms. The van der Waals surface area contributed by atoms with Crippen LogP contribution in [0.1, 0.15) is 24.8 Å². The van der Waals surface area contributed by atoms with Crippen molar-refractivity contribution in [2.75, 3.05) is 26.4 Å². The first-order valence-electron chi connectivity index (χ1n) is 10.3. The lowest BCUT2D eigenvalue weighted by atomic mass is 10.1. The van der Waals surface area contributed by atoms with Gasteiger partial charge < -0.3 is 24.4 Å². The molecule has 2 aliphatic rings. The van der Waals surface area contributed by atoms with Crippen LogP contribution in [-0.2, 0) is 16.1 Å². The third-order valence-corrected chi connectivity index (χ3v) is 5.27. The van der Waals surface area contributed by atoms with Gasteiger partial charge in [0.2, 0.25) is 5.91 Å². The summed E-state index contributed by atoms with van der Waals surface area (Å²) in [6, 6.07) is 14.3. The van der Waals surface area contributed by atoms with E-state index < -0.39 is 6.04 Å². The molecule has 4 rings (SSSR count). The highest BCUT2D eigenvalue weighted by atomic mass is 16.6. The standard InChI is InChI=1S/C23H26N2O5/c26-22(16-30-18-6-2-1-3-7-18)25(19-8-4-5-11-24-23(19)27)15-17-9-10-20-21(14-17)29-13-12-28-20/h1-3,6-7,9-10,14,19H,4-5,8,11-13,15-16H2,(H,24,27)/t19-/m0/s1. The third kappa shape index (κ3) is 4.84. The maximum absolute atomic E-state index is 13.1. The minimum Gasteiger partial charge on any atom is -0.486 e. The largest absolute Gasteiger partial charge is 0.486 e. The van der Waals surface area contributed by atoms with E-state index in [1.165, 1.54) is 0 Å². The number of carbonyl (C=O) groups is 2. The molecular formula is C23H26N2O5. The van der Waals surface area contributed by atoms with Gasteiger partial charge in [-0.1, -0.05) is 24.3 Å². The molecule has 0 bridgehead atoms. The molecule has 0 aliphatic carbocycles. The van der Waals surface area contributed by atoms with Gasteiger partial charge >= 0.3 is 0 Å². The second-order valence-corrected chi connectivity index (χ2v) is 7.40. The molecule has 158 valence electrons. The molecule has 2 aromatic rings. The molecule has 2 aromatic carbocycles. The fourth-order valence-electron chi connectivity index (χ4n) is 3.72. The SMILES string of the molecule is O=C1NCCCC[C@@H]1N(Cc1ccc2c(c1)OCCO2)C(=O)COc1ccccc1. The van der Waals surface area contributed by atoms with Crippen molar-refractivity contribution in [2.45, 2.75) is 31.8 Å². The van der Waals surface area contributed by atoms with Crippen LogP contribution in [0, 0.1) is 0 Å². The van der Waals surface area contributed by atoms with Crippen LogP contribution in [0.5, 0.6) is 17.2 Å². The molecule has 2 aliphatic heterocycles.